The second kappa shape index (κ2) is 7.20. The zero-order valence-corrected chi connectivity index (χ0v) is 12.3. The normalized spacial score (nSPS) is 13.6. The van der Waals surface area contributed by atoms with Crippen LogP contribution in [0.5, 0.6) is 0 Å². The predicted octanol–water partition coefficient (Wildman–Crippen LogP) is 2.91. The molecule has 5 nitrogen and oxygen atoms in total. The molecule has 0 saturated heterocycles. The number of nitrogens with one attached hydrogen (secondary N) is 1. The molecule has 0 radical (unpaired) electrons. The van der Waals surface area contributed by atoms with Gasteiger partial charge in [-0.1, -0.05) is 0 Å². The van der Waals surface area contributed by atoms with Crippen molar-refractivity contribution in [2.75, 3.05) is 18.5 Å². The zero-order chi connectivity index (χ0) is 16.1. The van der Waals surface area contributed by atoms with Crippen molar-refractivity contribution in [1.29, 1.82) is 0 Å². The van der Waals surface area contributed by atoms with Gasteiger partial charge in [-0.3, -0.25) is 4.79 Å². The minimum atomic E-state index is -0.838. The van der Waals surface area contributed by atoms with Crippen molar-refractivity contribution < 1.29 is 23.1 Å². The summed E-state index contributed by atoms with van der Waals surface area (Å²) in [6.45, 7) is 2.20. The molecular weight excluding hydrogens is 294 g/mol. The van der Waals surface area contributed by atoms with E-state index >= 15 is 0 Å². The summed E-state index contributed by atoms with van der Waals surface area (Å²) in [5, 5.41) is 2.41. The third kappa shape index (κ3) is 4.41. The van der Waals surface area contributed by atoms with Crippen LogP contribution in [0.15, 0.2) is 18.2 Å². The SMILES string of the molecule is CCOC(=O)CCN(C(=O)Nc1ccc(F)cc1F)C1CC1. The number of rotatable bonds is 6. The lowest BCUT2D eigenvalue weighted by Crippen LogP contribution is -2.38. The Morgan fingerprint density at radius 3 is 2.68 bits per heavy atom. The number of hydrogen-bond donors (Lipinski definition) is 1. The fourth-order valence-electron chi connectivity index (χ4n) is 2.06. The van der Waals surface area contributed by atoms with Crippen LogP contribution in [0.25, 0.3) is 0 Å². The van der Waals surface area contributed by atoms with Crippen molar-refractivity contribution in [3.8, 4) is 0 Å². The standard InChI is InChI=1S/C15H18F2N2O3/c1-2-22-14(20)7-8-19(11-4-5-11)15(21)18-13-6-3-10(16)9-12(13)17/h3,6,9,11H,2,4-5,7-8H2,1H3,(H,18,21). The number of hydrogen-bond acceptors (Lipinski definition) is 3. The Morgan fingerprint density at radius 2 is 2.09 bits per heavy atom. The van der Waals surface area contributed by atoms with E-state index in [0.717, 1.165) is 18.9 Å². The highest BCUT2D eigenvalue weighted by Gasteiger charge is 2.33. The first-order valence-electron chi connectivity index (χ1n) is 7.19. The largest absolute Gasteiger partial charge is 0.466 e. The quantitative estimate of drug-likeness (QED) is 0.822. The van der Waals surface area contributed by atoms with Crippen LogP contribution in [-0.4, -0.2) is 36.1 Å². The predicted molar refractivity (Wildman–Crippen MR) is 76.4 cm³/mol. The summed E-state index contributed by atoms with van der Waals surface area (Å²) in [6.07, 6.45) is 1.79. The third-order valence-corrected chi connectivity index (χ3v) is 3.28. The molecule has 0 aromatic heterocycles. The summed E-state index contributed by atoms with van der Waals surface area (Å²) in [5.74, 6) is -1.93. The first-order valence-corrected chi connectivity index (χ1v) is 7.19. The number of ether oxygens (including phenoxy) is 1. The molecule has 1 aromatic carbocycles. The maximum Gasteiger partial charge on any atom is 0.322 e. The number of anilines is 1. The van der Waals surface area contributed by atoms with Crippen LogP contribution >= 0.6 is 0 Å². The van der Waals surface area contributed by atoms with Gasteiger partial charge in [-0.2, -0.15) is 0 Å². The molecule has 1 aromatic rings. The Balaban J connectivity index is 1.96. The van der Waals surface area contributed by atoms with Crippen LogP contribution in [0, 0.1) is 11.6 Å². The Morgan fingerprint density at radius 1 is 1.36 bits per heavy atom. The van der Waals surface area contributed by atoms with Crippen molar-refractivity contribution in [3.05, 3.63) is 29.8 Å². The zero-order valence-electron chi connectivity index (χ0n) is 12.3. The summed E-state index contributed by atoms with van der Waals surface area (Å²) < 4.78 is 31.2. The molecule has 7 heteroatoms. The van der Waals surface area contributed by atoms with Crippen molar-refractivity contribution in [2.45, 2.75) is 32.2 Å². The molecule has 1 aliphatic carbocycles. The summed E-state index contributed by atoms with van der Waals surface area (Å²) in [4.78, 5) is 25.1. The highest BCUT2D eigenvalue weighted by Crippen LogP contribution is 2.28. The molecule has 1 saturated carbocycles. The third-order valence-electron chi connectivity index (χ3n) is 3.28. The van der Waals surface area contributed by atoms with Crippen LogP contribution in [0.1, 0.15) is 26.2 Å². The second-order valence-corrected chi connectivity index (χ2v) is 5.03. The van der Waals surface area contributed by atoms with Gasteiger partial charge in [0.25, 0.3) is 0 Å². The van der Waals surface area contributed by atoms with Gasteiger partial charge in [0.2, 0.25) is 0 Å². The van der Waals surface area contributed by atoms with Gasteiger partial charge in [-0.25, -0.2) is 13.6 Å². The molecular formula is C15H18F2N2O3. The summed E-state index contributed by atoms with van der Waals surface area (Å²) in [5.41, 5.74) is -0.0896. The molecule has 2 rings (SSSR count). The van der Waals surface area contributed by atoms with Gasteiger partial charge in [-0.05, 0) is 31.9 Å². The summed E-state index contributed by atoms with van der Waals surface area (Å²) >= 11 is 0. The van der Waals surface area contributed by atoms with Crippen LogP contribution in [-0.2, 0) is 9.53 Å². The van der Waals surface area contributed by atoms with E-state index < -0.39 is 17.7 Å². The van der Waals surface area contributed by atoms with Gasteiger partial charge in [0.05, 0.1) is 18.7 Å². The number of urea groups is 1. The van der Waals surface area contributed by atoms with E-state index in [4.69, 9.17) is 4.74 Å². The number of carbonyl (C=O) groups excluding carboxylic acids is 2. The highest BCUT2D eigenvalue weighted by molar-refractivity contribution is 5.90. The number of halogens is 2. The fraction of sp³-hybridized carbons (Fsp3) is 0.467. The summed E-state index contributed by atoms with van der Waals surface area (Å²) in [6, 6.07) is 2.49. The van der Waals surface area contributed by atoms with Crippen LogP contribution in [0.4, 0.5) is 19.3 Å². The van der Waals surface area contributed by atoms with Gasteiger partial charge in [0.1, 0.15) is 11.6 Å². The Labute approximate surface area is 127 Å². The number of amides is 2. The molecule has 1 N–H and O–H groups in total. The Bertz CT molecular complexity index is 562. The number of benzene rings is 1. The van der Waals surface area contributed by atoms with Crippen molar-refractivity contribution in [1.82, 2.24) is 4.90 Å². The summed E-state index contributed by atoms with van der Waals surface area (Å²) in [7, 11) is 0. The van der Waals surface area contributed by atoms with E-state index in [1.165, 1.54) is 11.0 Å². The van der Waals surface area contributed by atoms with Crippen molar-refractivity contribution in [2.24, 2.45) is 0 Å². The average molecular weight is 312 g/mol. The average Bonchev–Trinajstić information content (AvgIpc) is 3.27. The maximum absolute atomic E-state index is 13.6. The van der Waals surface area contributed by atoms with E-state index in [9.17, 15) is 18.4 Å². The van der Waals surface area contributed by atoms with Gasteiger partial charge < -0.3 is 15.0 Å². The molecule has 22 heavy (non-hydrogen) atoms. The van der Waals surface area contributed by atoms with Crippen LogP contribution in [0.2, 0.25) is 0 Å². The lowest BCUT2D eigenvalue weighted by Gasteiger charge is -2.22. The molecule has 1 aliphatic rings. The van der Waals surface area contributed by atoms with E-state index in [1.807, 2.05) is 0 Å². The highest BCUT2D eigenvalue weighted by atomic mass is 19.1. The van der Waals surface area contributed by atoms with Crippen molar-refractivity contribution >= 4 is 17.7 Å². The number of esters is 1. The van der Waals surface area contributed by atoms with Crippen LogP contribution in [0.3, 0.4) is 0 Å². The molecule has 0 spiro atoms. The molecule has 0 unspecified atom stereocenters. The fourth-order valence-corrected chi connectivity index (χ4v) is 2.06. The Kier molecular flexibility index (Phi) is 5.30. The Hall–Kier alpha value is -2.18. The smallest absolute Gasteiger partial charge is 0.322 e. The molecule has 0 heterocycles. The van der Waals surface area contributed by atoms with Gasteiger partial charge in [0, 0.05) is 18.7 Å². The molecule has 1 fully saturated rings. The molecule has 120 valence electrons. The van der Waals surface area contributed by atoms with Gasteiger partial charge in [-0.15, -0.1) is 0 Å². The lowest BCUT2D eigenvalue weighted by atomic mass is 10.3. The van der Waals surface area contributed by atoms with Crippen LogP contribution < -0.4 is 5.32 Å². The second-order valence-electron chi connectivity index (χ2n) is 5.03. The van der Waals surface area contributed by atoms with E-state index in [1.54, 1.807) is 6.92 Å². The molecule has 0 aliphatic heterocycles. The van der Waals surface area contributed by atoms with E-state index in [-0.39, 0.29) is 37.3 Å². The van der Waals surface area contributed by atoms with Gasteiger partial charge >= 0.3 is 12.0 Å². The maximum atomic E-state index is 13.6. The first-order chi connectivity index (χ1) is 10.5. The molecule has 2 amide bonds. The number of nitrogens with zero attached hydrogens (tertiary/aromatic N) is 1. The first kappa shape index (κ1) is 16.2. The van der Waals surface area contributed by atoms with Gasteiger partial charge in [0.15, 0.2) is 0 Å². The number of carbonyl (C=O) groups is 2. The molecule has 0 atom stereocenters. The minimum absolute atomic E-state index is 0.0536. The van der Waals surface area contributed by atoms with Crippen molar-refractivity contribution in [3.63, 3.8) is 0 Å². The lowest BCUT2D eigenvalue weighted by molar-refractivity contribution is -0.143. The molecule has 0 bridgehead atoms. The van der Waals surface area contributed by atoms with E-state index in [0.29, 0.717) is 6.07 Å². The van der Waals surface area contributed by atoms with E-state index in [2.05, 4.69) is 5.32 Å². The topological polar surface area (TPSA) is 58.6 Å². The monoisotopic (exact) mass is 312 g/mol. The minimum Gasteiger partial charge on any atom is -0.466 e.